The van der Waals surface area contributed by atoms with Crippen LogP contribution in [0.1, 0.15) is 24.8 Å². The first-order valence-corrected chi connectivity index (χ1v) is 9.13. The maximum Gasteiger partial charge on any atom is 0.281 e. The van der Waals surface area contributed by atoms with Gasteiger partial charge in [-0.05, 0) is 49.3 Å². The lowest BCUT2D eigenvalue weighted by Gasteiger charge is -2.33. The first kappa shape index (κ1) is 17.2. The molecule has 0 spiro atoms. The van der Waals surface area contributed by atoms with Crippen LogP contribution in [0.15, 0.2) is 24.3 Å². The number of methoxy groups -OCH3 is 1. The van der Waals surface area contributed by atoms with Gasteiger partial charge in [0.25, 0.3) is 10.2 Å². The van der Waals surface area contributed by atoms with Crippen LogP contribution >= 0.6 is 0 Å². The SMILES string of the molecule is COc1cccc(CC[C@@H]2CCCN(S(=O)(=O)N(C)C)C2)c1. The molecule has 1 aromatic carbocycles. The van der Waals surface area contributed by atoms with Crippen molar-refractivity contribution in [1.82, 2.24) is 8.61 Å². The van der Waals surface area contributed by atoms with Crippen LogP contribution in [0.2, 0.25) is 0 Å². The summed E-state index contributed by atoms with van der Waals surface area (Å²) in [6.45, 7) is 1.26. The first-order valence-electron chi connectivity index (χ1n) is 7.74. The summed E-state index contributed by atoms with van der Waals surface area (Å²) in [6, 6.07) is 8.09. The zero-order valence-electron chi connectivity index (χ0n) is 13.7. The molecule has 0 unspecified atom stereocenters. The van der Waals surface area contributed by atoms with Crippen LogP contribution < -0.4 is 4.74 Å². The van der Waals surface area contributed by atoms with E-state index in [1.165, 1.54) is 9.87 Å². The fourth-order valence-electron chi connectivity index (χ4n) is 2.90. The Hall–Kier alpha value is -1.11. The van der Waals surface area contributed by atoms with Gasteiger partial charge >= 0.3 is 0 Å². The summed E-state index contributed by atoms with van der Waals surface area (Å²) in [7, 11) is 1.58. The largest absolute Gasteiger partial charge is 0.497 e. The zero-order valence-corrected chi connectivity index (χ0v) is 14.5. The minimum absolute atomic E-state index is 0.426. The molecule has 1 fully saturated rings. The van der Waals surface area contributed by atoms with Crippen molar-refractivity contribution >= 4 is 10.2 Å². The van der Waals surface area contributed by atoms with Gasteiger partial charge in [0, 0.05) is 27.2 Å². The van der Waals surface area contributed by atoms with E-state index in [0.29, 0.717) is 19.0 Å². The molecule has 0 N–H and O–H groups in total. The highest BCUT2D eigenvalue weighted by Crippen LogP contribution is 2.25. The highest BCUT2D eigenvalue weighted by atomic mass is 32.2. The third-order valence-corrected chi connectivity index (χ3v) is 6.15. The molecule has 0 radical (unpaired) electrons. The Kier molecular flexibility index (Phi) is 5.83. The van der Waals surface area contributed by atoms with E-state index in [1.54, 1.807) is 25.5 Å². The van der Waals surface area contributed by atoms with Crippen LogP contribution in [0, 0.1) is 5.92 Å². The molecule has 0 saturated carbocycles. The minimum Gasteiger partial charge on any atom is -0.497 e. The fourth-order valence-corrected chi connectivity index (χ4v) is 4.12. The Morgan fingerprint density at radius 2 is 2.14 bits per heavy atom. The molecule has 0 aliphatic carbocycles. The third-order valence-electron chi connectivity index (χ3n) is 4.24. The van der Waals surface area contributed by atoms with Crippen LogP contribution in [-0.2, 0) is 16.6 Å². The molecular weight excluding hydrogens is 300 g/mol. The Labute approximate surface area is 134 Å². The summed E-state index contributed by atoms with van der Waals surface area (Å²) in [5.41, 5.74) is 1.24. The first-order chi connectivity index (χ1) is 10.4. The van der Waals surface area contributed by atoms with Gasteiger partial charge in [-0.2, -0.15) is 17.0 Å². The molecule has 2 rings (SSSR count). The van der Waals surface area contributed by atoms with Gasteiger partial charge in [-0.1, -0.05) is 12.1 Å². The molecule has 0 bridgehead atoms. The maximum absolute atomic E-state index is 12.2. The normalized spacial score (nSPS) is 20.3. The van der Waals surface area contributed by atoms with Gasteiger partial charge in [0.05, 0.1) is 7.11 Å². The Morgan fingerprint density at radius 1 is 1.36 bits per heavy atom. The van der Waals surface area contributed by atoms with Gasteiger partial charge in [-0.15, -0.1) is 0 Å². The monoisotopic (exact) mass is 326 g/mol. The number of hydrogen-bond donors (Lipinski definition) is 0. The second-order valence-corrected chi connectivity index (χ2v) is 8.19. The van der Waals surface area contributed by atoms with Crippen LogP contribution in [0.25, 0.3) is 0 Å². The van der Waals surface area contributed by atoms with Crippen LogP contribution in [-0.4, -0.2) is 51.3 Å². The third kappa shape index (κ3) is 4.21. The van der Waals surface area contributed by atoms with Gasteiger partial charge in [0.1, 0.15) is 5.75 Å². The highest BCUT2D eigenvalue weighted by molar-refractivity contribution is 7.86. The summed E-state index contributed by atoms with van der Waals surface area (Å²) in [6.07, 6.45) is 4.00. The lowest BCUT2D eigenvalue weighted by Crippen LogP contribution is -2.45. The number of nitrogens with zero attached hydrogens (tertiary/aromatic N) is 2. The van der Waals surface area contributed by atoms with E-state index in [9.17, 15) is 8.42 Å². The maximum atomic E-state index is 12.2. The van der Waals surface area contributed by atoms with Gasteiger partial charge < -0.3 is 4.74 Å². The van der Waals surface area contributed by atoms with E-state index in [-0.39, 0.29) is 0 Å². The van der Waals surface area contributed by atoms with Crippen molar-refractivity contribution in [3.63, 3.8) is 0 Å². The molecule has 22 heavy (non-hydrogen) atoms. The molecule has 5 nitrogen and oxygen atoms in total. The Balaban J connectivity index is 1.93. The molecule has 1 atom stereocenters. The van der Waals surface area contributed by atoms with Crippen molar-refractivity contribution in [2.45, 2.75) is 25.7 Å². The number of piperidine rings is 1. The lowest BCUT2D eigenvalue weighted by atomic mass is 9.93. The van der Waals surface area contributed by atoms with Crippen molar-refractivity contribution in [1.29, 1.82) is 0 Å². The molecule has 1 aliphatic rings. The quantitative estimate of drug-likeness (QED) is 0.805. The van der Waals surface area contributed by atoms with E-state index in [2.05, 4.69) is 12.1 Å². The molecule has 0 aromatic heterocycles. The lowest BCUT2D eigenvalue weighted by molar-refractivity contribution is 0.246. The summed E-state index contributed by atoms with van der Waals surface area (Å²) in [5, 5.41) is 0. The van der Waals surface area contributed by atoms with Crippen LogP contribution in [0.5, 0.6) is 5.75 Å². The van der Waals surface area contributed by atoms with Gasteiger partial charge in [0.15, 0.2) is 0 Å². The standard InChI is InChI=1S/C16H26N2O3S/c1-17(2)22(19,20)18-11-5-7-15(13-18)10-9-14-6-4-8-16(12-14)21-3/h4,6,8,12,15H,5,7,9-11,13H2,1-3H3/t15-/m0/s1. The number of ether oxygens (including phenoxy) is 1. The van der Waals surface area contributed by atoms with E-state index in [1.807, 2.05) is 12.1 Å². The van der Waals surface area contributed by atoms with E-state index < -0.39 is 10.2 Å². The van der Waals surface area contributed by atoms with E-state index in [0.717, 1.165) is 31.4 Å². The summed E-state index contributed by atoms with van der Waals surface area (Å²) in [4.78, 5) is 0. The second-order valence-electron chi connectivity index (χ2n) is 6.05. The van der Waals surface area contributed by atoms with Gasteiger partial charge in [-0.3, -0.25) is 0 Å². The highest BCUT2D eigenvalue weighted by Gasteiger charge is 2.30. The fraction of sp³-hybridized carbons (Fsp3) is 0.625. The van der Waals surface area contributed by atoms with Crippen molar-refractivity contribution in [2.24, 2.45) is 5.92 Å². The average Bonchev–Trinajstić information content (AvgIpc) is 2.53. The molecule has 1 aromatic rings. The Bertz CT molecular complexity index is 587. The smallest absolute Gasteiger partial charge is 0.281 e. The molecule has 1 aliphatic heterocycles. The second kappa shape index (κ2) is 7.44. The summed E-state index contributed by atoms with van der Waals surface area (Å²) < 4.78 is 32.6. The number of benzene rings is 1. The number of rotatable bonds is 6. The molecule has 1 saturated heterocycles. The van der Waals surface area contributed by atoms with Crippen molar-refractivity contribution < 1.29 is 13.2 Å². The van der Waals surface area contributed by atoms with Crippen LogP contribution in [0.3, 0.4) is 0 Å². The molecule has 0 amide bonds. The number of hydrogen-bond acceptors (Lipinski definition) is 3. The van der Waals surface area contributed by atoms with Gasteiger partial charge in [-0.25, -0.2) is 0 Å². The zero-order chi connectivity index (χ0) is 16.2. The van der Waals surface area contributed by atoms with Gasteiger partial charge in [0.2, 0.25) is 0 Å². The average molecular weight is 326 g/mol. The molecule has 1 heterocycles. The van der Waals surface area contributed by atoms with E-state index >= 15 is 0 Å². The molecule has 6 heteroatoms. The summed E-state index contributed by atoms with van der Waals surface area (Å²) >= 11 is 0. The van der Waals surface area contributed by atoms with Crippen molar-refractivity contribution in [3.05, 3.63) is 29.8 Å². The molecular formula is C16H26N2O3S. The predicted octanol–water partition coefficient (Wildman–Crippen LogP) is 2.15. The predicted molar refractivity (Wildman–Crippen MR) is 88.2 cm³/mol. The van der Waals surface area contributed by atoms with E-state index in [4.69, 9.17) is 4.74 Å². The van der Waals surface area contributed by atoms with Crippen LogP contribution in [0.4, 0.5) is 0 Å². The Morgan fingerprint density at radius 3 is 2.82 bits per heavy atom. The topological polar surface area (TPSA) is 49.9 Å². The van der Waals surface area contributed by atoms with Crippen molar-refractivity contribution in [2.75, 3.05) is 34.3 Å². The number of aryl methyl sites for hydroxylation is 1. The minimum atomic E-state index is -3.28. The van der Waals surface area contributed by atoms with Crippen molar-refractivity contribution in [3.8, 4) is 5.75 Å². The summed E-state index contributed by atoms with van der Waals surface area (Å²) in [5.74, 6) is 1.30. The molecule has 124 valence electrons.